The molecule has 1 fully saturated rings. The molecule has 1 aliphatic rings. The molecule has 4 heteroatoms. The van der Waals surface area contributed by atoms with Crippen molar-refractivity contribution in [2.24, 2.45) is 0 Å². The molecule has 1 aliphatic carbocycles. The lowest BCUT2D eigenvalue weighted by Gasteiger charge is -1.96. The quantitative estimate of drug-likeness (QED) is 0.713. The topological polar surface area (TPSA) is 37.8 Å². The molecule has 0 atom stereocenters. The van der Waals surface area contributed by atoms with Crippen LogP contribution in [0.15, 0.2) is 16.2 Å². The first-order valence-electron chi connectivity index (χ1n) is 4.04. The summed E-state index contributed by atoms with van der Waals surface area (Å²) in [4.78, 5) is 11.3. The molecule has 0 bridgehead atoms. The van der Waals surface area contributed by atoms with Crippen LogP contribution in [-0.2, 0) is 0 Å². The highest BCUT2D eigenvalue weighted by atomic mass is 32.1. The monoisotopic (exact) mass is 180 g/mol. The number of aromatic nitrogens is 2. The van der Waals surface area contributed by atoms with Crippen LogP contribution in [0.3, 0.4) is 0 Å². The van der Waals surface area contributed by atoms with Crippen molar-refractivity contribution in [1.29, 1.82) is 0 Å². The van der Waals surface area contributed by atoms with Gasteiger partial charge in [0, 0.05) is 0 Å². The van der Waals surface area contributed by atoms with Gasteiger partial charge in [0.05, 0.1) is 11.6 Å². The van der Waals surface area contributed by atoms with Crippen LogP contribution in [-0.4, -0.2) is 9.78 Å². The number of rotatable bonds is 1. The second kappa shape index (κ2) is 2.01. The number of nitrogens with zero attached hydrogens (tertiary/aromatic N) is 1. The van der Waals surface area contributed by atoms with E-state index in [0.717, 1.165) is 10.2 Å². The molecule has 0 spiro atoms. The summed E-state index contributed by atoms with van der Waals surface area (Å²) >= 11 is 1.52. The smallest absolute Gasteiger partial charge is 0.281 e. The summed E-state index contributed by atoms with van der Waals surface area (Å²) in [5.74, 6) is 0. The van der Waals surface area contributed by atoms with Crippen LogP contribution in [0.5, 0.6) is 0 Å². The number of hydrogen-bond acceptors (Lipinski definition) is 2. The van der Waals surface area contributed by atoms with Gasteiger partial charge in [-0.1, -0.05) is 0 Å². The summed E-state index contributed by atoms with van der Waals surface area (Å²) in [6.45, 7) is 0. The summed E-state index contributed by atoms with van der Waals surface area (Å²) < 4.78 is 2.87. The fraction of sp³-hybridized carbons (Fsp3) is 0.375. The van der Waals surface area contributed by atoms with E-state index in [4.69, 9.17) is 0 Å². The molecule has 0 amide bonds. The van der Waals surface area contributed by atoms with E-state index in [2.05, 4.69) is 5.10 Å². The number of H-pyrrole nitrogens is 1. The van der Waals surface area contributed by atoms with Crippen LogP contribution in [0.2, 0.25) is 0 Å². The van der Waals surface area contributed by atoms with E-state index in [-0.39, 0.29) is 5.56 Å². The molecule has 0 radical (unpaired) electrons. The minimum absolute atomic E-state index is 0.0619. The van der Waals surface area contributed by atoms with Gasteiger partial charge in [-0.25, -0.2) is 0 Å². The zero-order valence-electron chi connectivity index (χ0n) is 6.41. The minimum atomic E-state index is 0.0619. The maximum absolute atomic E-state index is 11.3. The van der Waals surface area contributed by atoms with Crippen LogP contribution < -0.4 is 5.56 Å². The molecule has 0 saturated heterocycles. The van der Waals surface area contributed by atoms with Gasteiger partial charge >= 0.3 is 0 Å². The molecule has 3 nitrogen and oxygen atoms in total. The molecular weight excluding hydrogens is 172 g/mol. The fourth-order valence-corrected chi connectivity index (χ4v) is 2.28. The Morgan fingerprint density at radius 2 is 2.42 bits per heavy atom. The Balaban J connectivity index is 2.41. The van der Waals surface area contributed by atoms with Gasteiger partial charge in [0.15, 0.2) is 0 Å². The zero-order valence-corrected chi connectivity index (χ0v) is 7.23. The molecule has 62 valence electrons. The lowest BCUT2D eigenvalue weighted by atomic mass is 10.5. The van der Waals surface area contributed by atoms with Gasteiger partial charge in [-0.15, -0.1) is 11.3 Å². The van der Waals surface area contributed by atoms with E-state index in [1.807, 2.05) is 16.1 Å². The third-order valence-corrected chi connectivity index (χ3v) is 3.15. The molecule has 0 aromatic carbocycles. The van der Waals surface area contributed by atoms with E-state index in [1.165, 1.54) is 24.2 Å². The van der Waals surface area contributed by atoms with E-state index in [1.54, 1.807) is 0 Å². The van der Waals surface area contributed by atoms with Gasteiger partial charge in [0.25, 0.3) is 5.56 Å². The third kappa shape index (κ3) is 0.728. The van der Waals surface area contributed by atoms with Gasteiger partial charge in [0.1, 0.15) is 4.70 Å². The highest BCUT2D eigenvalue weighted by molar-refractivity contribution is 7.17. The first-order valence-corrected chi connectivity index (χ1v) is 4.92. The maximum atomic E-state index is 11.3. The third-order valence-electron chi connectivity index (χ3n) is 2.24. The number of thiophene rings is 1. The summed E-state index contributed by atoms with van der Waals surface area (Å²) in [5.41, 5.74) is 1.14. The van der Waals surface area contributed by atoms with Crippen LogP contribution in [0.4, 0.5) is 0 Å². The lowest BCUT2D eigenvalue weighted by Crippen LogP contribution is -2.03. The first kappa shape index (κ1) is 6.48. The number of fused-ring (bicyclic) bond motifs is 1. The van der Waals surface area contributed by atoms with Crippen LogP contribution >= 0.6 is 11.3 Å². The van der Waals surface area contributed by atoms with E-state index >= 15 is 0 Å². The molecule has 0 unspecified atom stereocenters. The normalized spacial score (nSPS) is 17.3. The zero-order chi connectivity index (χ0) is 8.13. The molecular formula is C8H8N2OS. The molecule has 2 aromatic rings. The van der Waals surface area contributed by atoms with E-state index < -0.39 is 0 Å². The fourth-order valence-electron chi connectivity index (χ4n) is 1.50. The van der Waals surface area contributed by atoms with Crippen molar-refractivity contribution in [3.8, 4) is 0 Å². The van der Waals surface area contributed by atoms with Gasteiger partial charge in [-0.2, -0.15) is 0 Å². The van der Waals surface area contributed by atoms with Gasteiger partial charge in [-0.05, 0) is 24.3 Å². The van der Waals surface area contributed by atoms with Crippen molar-refractivity contribution in [3.63, 3.8) is 0 Å². The Hall–Kier alpha value is -1.03. The van der Waals surface area contributed by atoms with Gasteiger partial charge in [0.2, 0.25) is 0 Å². The predicted molar refractivity (Wildman–Crippen MR) is 48.7 cm³/mol. The highest BCUT2D eigenvalue weighted by Gasteiger charge is 2.26. The summed E-state index contributed by atoms with van der Waals surface area (Å²) in [6, 6.07) is 2.57. The van der Waals surface area contributed by atoms with E-state index in [0.29, 0.717) is 6.04 Å². The van der Waals surface area contributed by atoms with E-state index in [9.17, 15) is 4.79 Å². The van der Waals surface area contributed by atoms with Crippen LogP contribution in [0.25, 0.3) is 10.2 Å². The Kier molecular flexibility index (Phi) is 1.09. The Morgan fingerprint density at radius 3 is 3.17 bits per heavy atom. The SMILES string of the molecule is O=c1[nH]n(C2CC2)c2ccsc12. The largest absolute Gasteiger partial charge is 0.282 e. The first-order chi connectivity index (χ1) is 5.86. The predicted octanol–water partition coefficient (Wildman–Crippen LogP) is 1.73. The molecule has 1 saturated carbocycles. The van der Waals surface area contributed by atoms with Crippen molar-refractivity contribution >= 4 is 21.6 Å². The number of aromatic amines is 1. The lowest BCUT2D eigenvalue weighted by molar-refractivity contribution is 0.658. The van der Waals surface area contributed by atoms with Crippen molar-refractivity contribution in [2.45, 2.75) is 18.9 Å². The minimum Gasteiger partial charge on any atom is -0.281 e. The number of nitrogens with one attached hydrogen (secondary N) is 1. The highest BCUT2D eigenvalue weighted by Crippen LogP contribution is 2.36. The Bertz CT molecular complexity index is 474. The molecule has 2 heterocycles. The molecule has 2 aromatic heterocycles. The second-order valence-corrected chi connectivity index (χ2v) is 4.09. The summed E-state index contributed by atoms with van der Waals surface area (Å²) in [6.07, 6.45) is 2.41. The Labute approximate surface area is 72.6 Å². The van der Waals surface area contributed by atoms with Crippen molar-refractivity contribution in [2.75, 3.05) is 0 Å². The van der Waals surface area contributed by atoms with Gasteiger partial charge < -0.3 is 0 Å². The Morgan fingerprint density at radius 1 is 1.58 bits per heavy atom. The van der Waals surface area contributed by atoms with Crippen molar-refractivity contribution in [3.05, 3.63) is 21.8 Å². The molecule has 3 rings (SSSR count). The average Bonchev–Trinajstić information content (AvgIpc) is 2.68. The van der Waals surface area contributed by atoms with Crippen molar-refractivity contribution in [1.82, 2.24) is 9.78 Å². The average molecular weight is 180 g/mol. The maximum Gasteiger partial charge on any atom is 0.282 e. The number of hydrogen-bond donors (Lipinski definition) is 1. The van der Waals surface area contributed by atoms with Gasteiger partial charge in [-0.3, -0.25) is 14.6 Å². The second-order valence-electron chi connectivity index (χ2n) is 3.18. The summed E-state index contributed by atoms with van der Waals surface area (Å²) in [7, 11) is 0. The molecule has 0 aliphatic heterocycles. The van der Waals surface area contributed by atoms with Crippen LogP contribution in [0, 0.1) is 0 Å². The molecule has 1 N–H and O–H groups in total. The van der Waals surface area contributed by atoms with Crippen molar-refractivity contribution < 1.29 is 0 Å². The standard InChI is InChI=1S/C8H8N2OS/c11-8-7-6(3-4-12-7)10(9-8)5-1-2-5/h3-5H,1-2H2,(H,9,11). The van der Waals surface area contributed by atoms with Crippen LogP contribution in [0.1, 0.15) is 18.9 Å². The molecule has 12 heavy (non-hydrogen) atoms. The summed E-state index contributed by atoms with van der Waals surface area (Å²) in [5, 5.41) is 4.84.